The van der Waals surface area contributed by atoms with Crippen molar-refractivity contribution in [2.45, 2.75) is 19.8 Å². The standard InChI is InChI=1S/C18H22ClN3O6/c1-3-28-18(25)12-5-4-8-21(10-12)16(23)11-20(2)17(24)14-7-6-13(22(26)27)9-15(14)19/h6-7,9,12H,3-5,8,10-11H2,1-2H3. The van der Waals surface area contributed by atoms with E-state index in [0.717, 1.165) is 6.07 Å². The van der Waals surface area contributed by atoms with Gasteiger partial charge in [0, 0.05) is 32.3 Å². The second kappa shape index (κ2) is 9.50. The van der Waals surface area contributed by atoms with E-state index in [1.54, 1.807) is 11.8 Å². The molecule has 0 aliphatic carbocycles. The number of halogens is 1. The summed E-state index contributed by atoms with van der Waals surface area (Å²) in [5.74, 6) is -1.49. The van der Waals surface area contributed by atoms with Crippen LogP contribution in [-0.2, 0) is 14.3 Å². The number of nitrogens with zero attached hydrogens (tertiary/aromatic N) is 3. The van der Waals surface area contributed by atoms with Crippen LogP contribution in [0.3, 0.4) is 0 Å². The number of amides is 2. The largest absolute Gasteiger partial charge is 0.466 e. The first-order valence-corrected chi connectivity index (χ1v) is 9.26. The molecule has 1 aromatic carbocycles. The van der Waals surface area contributed by atoms with Crippen molar-refractivity contribution in [3.8, 4) is 0 Å². The molecule has 152 valence electrons. The van der Waals surface area contributed by atoms with Crippen LogP contribution in [0.1, 0.15) is 30.1 Å². The number of hydrogen-bond acceptors (Lipinski definition) is 6. The molecule has 1 fully saturated rings. The van der Waals surface area contributed by atoms with Crippen molar-refractivity contribution in [1.82, 2.24) is 9.80 Å². The monoisotopic (exact) mass is 411 g/mol. The normalized spacial score (nSPS) is 16.4. The molecule has 0 aromatic heterocycles. The molecule has 0 saturated carbocycles. The number of rotatable bonds is 6. The van der Waals surface area contributed by atoms with Crippen LogP contribution in [0.25, 0.3) is 0 Å². The molecule has 1 aliphatic rings. The third kappa shape index (κ3) is 5.19. The van der Waals surface area contributed by atoms with Crippen molar-refractivity contribution in [3.05, 3.63) is 38.9 Å². The molecule has 0 N–H and O–H groups in total. The highest BCUT2D eigenvalue weighted by Crippen LogP contribution is 2.24. The van der Waals surface area contributed by atoms with E-state index < -0.39 is 10.8 Å². The van der Waals surface area contributed by atoms with Gasteiger partial charge in [-0.3, -0.25) is 24.5 Å². The highest BCUT2D eigenvalue weighted by atomic mass is 35.5. The maximum absolute atomic E-state index is 12.6. The summed E-state index contributed by atoms with van der Waals surface area (Å²) in [6, 6.07) is 3.55. The molecule has 2 amide bonds. The number of hydrogen-bond donors (Lipinski definition) is 0. The molecule has 9 nitrogen and oxygen atoms in total. The lowest BCUT2D eigenvalue weighted by atomic mass is 9.98. The highest BCUT2D eigenvalue weighted by molar-refractivity contribution is 6.34. The van der Waals surface area contributed by atoms with Crippen LogP contribution in [0.15, 0.2) is 18.2 Å². The molecule has 0 bridgehead atoms. The number of likely N-dealkylation sites (N-methyl/N-ethyl adjacent to an activating group) is 1. The minimum atomic E-state index is -0.607. The summed E-state index contributed by atoms with van der Waals surface area (Å²) in [5.41, 5.74) is -0.149. The number of piperidine rings is 1. The van der Waals surface area contributed by atoms with Gasteiger partial charge in [0.05, 0.1) is 34.6 Å². The summed E-state index contributed by atoms with van der Waals surface area (Å²) in [6.45, 7) is 2.60. The third-order valence-corrected chi connectivity index (χ3v) is 4.82. The topological polar surface area (TPSA) is 110 Å². The van der Waals surface area contributed by atoms with Gasteiger partial charge in [0.15, 0.2) is 0 Å². The summed E-state index contributed by atoms with van der Waals surface area (Å²) in [5, 5.41) is 10.7. The van der Waals surface area contributed by atoms with Crippen molar-refractivity contribution in [3.63, 3.8) is 0 Å². The van der Waals surface area contributed by atoms with E-state index in [0.29, 0.717) is 19.4 Å². The molecule has 2 rings (SSSR count). The summed E-state index contributed by atoms with van der Waals surface area (Å²) < 4.78 is 5.02. The van der Waals surface area contributed by atoms with Gasteiger partial charge in [-0.05, 0) is 25.8 Å². The highest BCUT2D eigenvalue weighted by Gasteiger charge is 2.30. The minimum absolute atomic E-state index is 0.0566. The molecule has 1 atom stereocenters. The van der Waals surface area contributed by atoms with Crippen LogP contribution >= 0.6 is 11.6 Å². The molecule has 28 heavy (non-hydrogen) atoms. The number of ether oxygens (including phenoxy) is 1. The molecular formula is C18H22ClN3O6. The van der Waals surface area contributed by atoms with Crippen LogP contribution < -0.4 is 0 Å². The molecule has 0 radical (unpaired) electrons. The Hall–Kier alpha value is -2.68. The molecule has 10 heteroatoms. The fourth-order valence-electron chi connectivity index (χ4n) is 3.03. The van der Waals surface area contributed by atoms with E-state index in [2.05, 4.69) is 0 Å². The summed E-state index contributed by atoms with van der Waals surface area (Å²) in [7, 11) is 1.45. The predicted octanol–water partition coefficient (Wildman–Crippen LogP) is 2.12. The molecular weight excluding hydrogens is 390 g/mol. The van der Waals surface area contributed by atoms with Crippen LogP contribution in [0.5, 0.6) is 0 Å². The Balaban J connectivity index is 2.00. The Morgan fingerprint density at radius 3 is 2.71 bits per heavy atom. The fraction of sp³-hybridized carbons (Fsp3) is 0.500. The van der Waals surface area contributed by atoms with Gasteiger partial charge >= 0.3 is 5.97 Å². The summed E-state index contributed by atoms with van der Waals surface area (Å²) in [6.07, 6.45) is 1.34. The lowest BCUT2D eigenvalue weighted by Gasteiger charge is -2.32. The second-order valence-corrected chi connectivity index (χ2v) is 6.92. The Morgan fingerprint density at radius 2 is 2.11 bits per heavy atom. The zero-order chi connectivity index (χ0) is 20.8. The van der Waals surface area contributed by atoms with Crippen molar-refractivity contribution < 1.29 is 24.0 Å². The number of carbonyl (C=O) groups is 3. The van der Waals surface area contributed by atoms with Gasteiger partial charge in [0.25, 0.3) is 11.6 Å². The van der Waals surface area contributed by atoms with E-state index in [9.17, 15) is 24.5 Å². The SMILES string of the molecule is CCOC(=O)C1CCCN(C(=O)CN(C)C(=O)c2ccc([N+](=O)[O-])cc2Cl)C1. The number of likely N-dealkylation sites (tertiary alicyclic amines) is 1. The Labute approximate surface area is 167 Å². The molecule has 1 aromatic rings. The molecule has 1 saturated heterocycles. The van der Waals surface area contributed by atoms with Gasteiger partial charge in [-0.2, -0.15) is 0 Å². The fourth-order valence-corrected chi connectivity index (χ4v) is 3.28. The molecule has 1 heterocycles. The second-order valence-electron chi connectivity index (χ2n) is 6.51. The van der Waals surface area contributed by atoms with Gasteiger partial charge in [-0.15, -0.1) is 0 Å². The maximum Gasteiger partial charge on any atom is 0.310 e. The Morgan fingerprint density at radius 1 is 1.39 bits per heavy atom. The van der Waals surface area contributed by atoms with Gasteiger partial charge < -0.3 is 14.5 Å². The van der Waals surface area contributed by atoms with Crippen LogP contribution in [0, 0.1) is 16.0 Å². The van der Waals surface area contributed by atoms with Gasteiger partial charge in [-0.1, -0.05) is 11.6 Å². The predicted molar refractivity (Wildman–Crippen MR) is 101 cm³/mol. The average molecular weight is 412 g/mol. The zero-order valence-corrected chi connectivity index (χ0v) is 16.5. The molecule has 0 spiro atoms. The van der Waals surface area contributed by atoms with Crippen molar-refractivity contribution >= 4 is 35.1 Å². The average Bonchev–Trinajstić information content (AvgIpc) is 2.67. The number of esters is 1. The van der Waals surface area contributed by atoms with Gasteiger partial charge in [0.2, 0.25) is 5.91 Å². The van der Waals surface area contributed by atoms with E-state index in [-0.39, 0.29) is 53.8 Å². The van der Waals surface area contributed by atoms with Crippen LogP contribution in [0.4, 0.5) is 5.69 Å². The maximum atomic E-state index is 12.6. The van der Waals surface area contributed by atoms with Crippen LogP contribution in [-0.4, -0.2) is 65.8 Å². The zero-order valence-electron chi connectivity index (χ0n) is 15.7. The molecule has 1 aliphatic heterocycles. The van der Waals surface area contributed by atoms with Crippen LogP contribution in [0.2, 0.25) is 5.02 Å². The van der Waals surface area contributed by atoms with Crippen molar-refractivity contribution in [2.24, 2.45) is 5.92 Å². The first-order chi connectivity index (χ1) is 13.2. The van der Waals surface area contributed by atoms with Crippen molar-refractivity contribution in [1.29, 1.82) is 0 Å². The first-order valence-electron chi connectivity index (χ1n) is 8.88. The molecule has 1 unspecified atom stereocenters. The van der Waals surface area contributed by atoms with E-state index in [4.69, 9.17) is 16.3 Å². The number of carbonyl (C=O) groups excluding carboxylic acids is 3. The summed E-state index contributed by atoms with van der Waals surface area (Å²) >= 11 is 5.98. The number of nitro groups is 1. The number of benzene rings is 1. The third-order valence-electron chi connectivity index (χ3n) is 4.51. The number of nitro benzene ring substituents is 1. The van der Waals surface area contributed by atoms with E-state index >= 15 is 0 Å². The quantitative estimate of drug-likeness (QED) is 0.403. The Bertz CT molecular complexity index is 785. The minimum Gasteiger partial charge on any atom is -0.466 e. The van der Waals surface area contributed by atoms with Gasteiger partial charge in [-0.25, -0.2) is 0 Å². The Kier molecular flexibility index (Phi) is 7.33. The van der Waals surface area contributed by atoms with E-state index in [1.165, 1.54) is 24.1 Å². The number of non-ortho nitro benzene ring substituents is 1. The van der Waals surface area contributed by atoms with E-state index in [1.807, 2.05) is 0 Å². The summed E-state index contributed by atoms with van der Waals surface area (Å²) in [4.78, 5) is 49.9. The van der Waals surface area contributed by atoms with Crippen molar-refractivity contribution in [2.75, 3.05) is 33.3 Å². The lowest BCUT2D eigenvalue weighted by Crippen LogP contribution is -2.47. The van der Waals surface area contributed by atoms with Gasteiger partial charge in [0.1, 0.15) is 0 Å². The lowest BCUT2D eigenvalue weighted by molar-refractivity contribution is -0.384. The first kappa shape index (κ1) is 21.6. The smallest absolute Gasteiger partial charge is 0.310 e.